The van der Waals surface area contributed by atoms with Gasteiger partial charge in [0.15, 0.2) is 0 Å². The fourth-order valence-corrected chi connectivity index (χ4v) is 2.01. The van der Waals surface area contributed by atoms with Crippen molar-refractivity contribution in [2.24, 2.45) is 0 Å². The first kappa shape index (κ1) is 16.1. The van der Waals surface area contributed by atoms with Gasteiger partial charge in [-0.25, -0.2) is 13.2 Å². The number of alkyl halides is 2. The number of rotatable bonds is 3. The summed E-state index contributed by atoms with van der Waals surface area (Å²) in [7, 11) is -1.18. The van der Waals surface area contributed by atoms with E-state index in [1.54, 1.807) is 33.8 Å². The van der Waals surface area contributed by atoms with Crippen LogP contribution in [0.3, 0.4) is 0 Å². The van der Waals surface area contributed by atoms with Crippen LogP contribution in [0.4, 0.5) is 13.2 Å². The normalized spacial score (nSPS) is 21.1. The Bertz CT molecular complexity index is 540. The molecule has 1 saturated heterocycles. The minimum Gasteiger partial charge on any atom is -0.398 e. The molecule has 0 spiro atoms. The SMILES string of the molecule is CC1(C)OB(C(F)=Cc2ccccc2C(F)F)OC1(C)C. The summed E-state index contributed by atoms with van der Waals surface area (Å²) in [6.07, 6.45) is -1.62. The van der Waals surface area contributed by atoms with E-state index in [-0.39, 0.29) is 11.1 Å². The van der Waals surface area contributed by atoms with Gasteiger partial charge in [0.1, 0.15) is 5.73 Å². The summed E-state index contributed by atoms with van der Waals surface area (Å²) in [4.78, 5) is 0. The standard InChI is InChI=1S/C15H18BF3O2/c1-14(2)15(3,4)21-16(20-14)12(17)9-10-7-5-6-8-11(10)13(18)19/h5-9,13H,1-4H3. The maximum atomic E-state index is 14.3. The fourth-order valence-electron chi connectivity index (χ4n) is 2.01. The van der Waals surface area contributed by atoms with Gasteiger partial charge in [0, 0.05) is 5.56 Å². The summed E-state index contributed by atoms with van der Waals surface area (Å²) >= 11 is 0. The molecular weight excluding hydrogens is 280 g/mol. The highest BCUT2D eigenvalue weighted by atomic mass is 19.3. The molecule has 0 aromatic heterocycles. The molecule has 1 fully saturated rings. The fraction of sp³-hybridized carbons (Fsp3) is 0.467. The lowest BCUT2D eigenvalue weighted by atomic mass is 9.86. The number of halogens is 3. The zero-order valence-corrected chi connectivity index (χ0v) is 12.5. The monoisotopic (exact) mass is 298 g/mol. The predicted molar refractivity (Wildman–Crippen MR) is 76.6 cm³/mol. The van der Waals surface area contributed by atoms with Gasteiger partial charge in [-0.05, 0) is 39.3 Å². The second-order valence-electron chi connectivity index (χ2n) is 6.05. The Labute approximate surface area is 123 Å². The average molecular weight is 298 g/mol. The van der Waals surface area contributed by atoms with Gasteiger partial charge in [-0.15, -0.1) is 0 Å². The Hall–Kier alpha value is -1.27. The topological polar surface area (TPSA) is 18.5 Å². The van der Waals surface area contributed by atoms with Crippen LogP contribution in [-0.4, -0.2) is 18.3 Å². The largest absolute Gasteiger partial charge is 0.525 e. The van der Waals surface area contributed by atoms with Gasteiger partial charge < -0.3 is 9.31 Å². The molecule has 1 aromatic rings. The predicted octanol–water partition coefficient (Wildman–Crippen LogP) is 4.57. The van der Waals surface area contributed by atoms with Crippen molar-refractivity contribution in [3.8, 4) is 0 Å². The Kier molecular flexibility index (Phi) is 4.22. The van der Waals surface area contributed by atoms with Gasteiger partial charge in [0.25, 0.3) is 6.43 Å². The van der Waals surface area contributed by atoms with Crippen molar-refractivity contribution in [3.05, 3.63) is 41.1 Å². The molecule has 1 aliphatic heterocycles. The lowest BCUT2D eigenvalue weighted by Crippen LogP contribution is -2.41. The molecule has 0 saturated carbocycles. The molecule has 1 heterocycles. The molecule has 2 rings (SSSR count). The van der Waals surface area contributed by atoms with Gasteiger partial charge in [0.2, 0.25) is 0 Å². The Morgan fingerprint density at radius 3 is 2.14 bits per heavy atom. The summed E-state index contributed by atoms with van der Waals surface area (Å²) in [5.74, 6) is 0. The highest BCUT2D eigenvalue weighted by molar-refractivity contribution is 6.54. The number of hydrogen-bond donors (Lipinski definition) is 0. The summed E-state index contributed by atoms with van der Waals surface area (Å²) in [5.41, 5.74) is -2.17. The second-order valence-corrected chi connectivity index (χ2v) is 6.05. The van der Waals surface area contributed by atoms with E-state index in [0.717, 1.165) is 6.08 Å². The first-order valence-electron chi connectivity index (χ1n) is 6.74. The molecule has 114 valence electrons. The van der Waals surface area contributed by atoms with Crippen LogP contribution < -0.4 is 0 Å². The van der Waals surface area contributed by atoms with Crippen molar-refractivity contribution >= 4 is 13.2 Å². The zero-order chi connectivity index (χ0) is 15.8. The molecule has 0 unspecified atom stereocenters. The quantitative estimate of drug-likeness (QED) is 0.761. The van der Waals surface area contributed by atoms with E-state index in [0.29, 0.717) is 0 Å². The van der Waals surface area contributed by atoms with Crippen LogP contribution in [-0.2, 0) is 9.31 Å². The highest BCUT2D eigenvalue weighted by Gasteiger charge is 2.53. The molecular formula is C15H18BF3O2. The van der Waals surface area contributed by atoms with Gasteiger partial charge in [-0.2, -0.15) is 0 Å². The zero-order valence-electron chi connectivity index (χ0n) is 12.5. The third-order valence-electron chi connectivity index (χ3n) is 4.00. The van der Waals surface area contributed by atoms with Crippen LogP contribution in [0.15, 0.2) is 30.0 Å². The summed E-state index contributed by atoms with van der Waals surface area (Å²) in [6, 6.07) is 5.78. The van der Waals surface area contributed by atoms with E-state index in [4.69, 9.17) is 9.31 Å². The van der Waals surface area contributed by atoms with Gasteiger partial charge >= 0.3 is 7.12 Å². The molecule has 1 aliphatic rings. The number of benzene rings is 1. The van der Waals surface area contributed by atoms with E-state index >= 15 is 0 Å². The van der Waals surface area contributed by atoms with Gasteiger partial charge in [-0.3, -0.25) is 0 Å². The molecule has 6 heteroatoms. The van der Waals surface area contributed by atoms with Crippen molar-refractivity contribution in [1.82, 2.24) is 0 Å². The minimum absolute atomic E-state index is 0.125. The molecule has 0 aliphatic carbocycles. The Balaban J connectivity index is 2.28. The van der Waals surface area contributed by atoms with Gasteiger partial charge in [-0.1, -0.05) is 24.3 Å². The van der Waals surface area contributed by atoms with Crippen molar-refractivity contribution in [3.63, 3.8) is 0 Å². The average Bonchev–Trinajstić information content (AvgIpc) is 2.59. The lowest BCUT2D eigenvalue weighted by Gasteiger charge is -2.32. The minimum atomic E-state index is -2.66. The second kappa shape index (κ2) is 5.50. The first-order chi connectivity index (χ1) is 9.64. The first-order valence-corrected chi connectivity index (χ1v) is 6.74. The third-order valence-corrected chi connectivity index (χ3v) is 4.00. The van der Waals surface area contributed by atoms with Gasteiger partial charge in [0.05, 0.1) is 11.2 Å². The maximum Gasteiger partial charge on any atom is 0.525 e. The Morgan fingerprint density at radius 2 is 1.62 bits per heavy atom. The molecule has 0 amide bonds. The van der Waals surface area contributed by atoms with Crippen LogP contribution in [0, 0.1) is 0 Å². The van der Waals surface area contributed by atoms with Crippen molar-refractivity contribution in [1.29, 1.82) is 0 Å². The van der Waals surface area contributed by atoms with Crippen LogP contribution in [0.2, 0.25) is 0 Å². The van der Waals surface area contributed by atoms with E-state index in [2.05, 4.69) is 0 Å². The van der Waals surface area contributed by atoms with E-state index < -0.39 is 30.5 Å². The van der Waals surface area contributed by atoms with Crippen LogP contribution in [0.1, 0.15) is 45.2 Å². The molecule has 1 aromatic carbocycles. The van der Waals surface area contributed by atoms with Crippen molar-refractivity contribution < 1.29 is 22.5 Å². The molecule has 0 N–H and O–H groups in total. The lowest BCUT2D eigenvalue weighted by molar-refractivity contribution is 0.00578. The maximum absolute atomic E-state index is 14.3. The third kappa shape index (κ3) is 3.16. The highest BCUT2D eigenvalue weighted by Crippen LogP contribution is 2.39. The van der Waals surface area contributed by atoms with E-state index in [1.807, 2.05) is 0 Å². The summed E-state index contributed by atoms with van der Waals surface area (Å²) < 4.78 is 51.2. The van der Waals surface area contributed by atoms with E-state index in [1.165, 1.54) is 18.2 Å². The van der Waals surface area contributed by atoms with Crippen LogP contribution in [0.5, 0.6) is 0 Å². The van der Waals surface area contributed by atoms with E-state index in [9.17, 15) is 13.2 Å². The smallest absolute Gasteiger partial charge is 0.398 e. The summed E-state index contributed by atoms with van der Waals surface area (Å²) in [5, 5.41) is 0. The molecule has 21 heavy (non-hydrogen) atoms. The van der Waals surface area contributed by atoms with Crippen LogP contribution in [0.25, 0.3) is 6.08 Å². The molecule has 2 nitrogen and oxygen atoms in total. The molecule has 0 radical (unpaired) electrons. The molecule has 0 bridgehead atoms. The van der Waals surface area contributed by atoms with Crippen molar-refractivity contribution in [2.75, 3.05) is 0 Å². The Morgan fingerprint density at radius 1 is 1.10 bits per heavy atom. The number of hydrogen-bond acceptors (Lipinski definition) is 2. The van der Waals surface area contributed by atoms with Crippen LogP contribution >= 0.6 is 0 Å². The molecule has 0 atom stereocenters. The van der Waals surface area contributed by atoms with Crippen molar-refractivity contribution in [2.45, 2.75) is 45.3 Å². The summed E-state index contributed by atoms with van der Waals surface area (Å²) in [6.45, 7) is 7.20.